The van der Waals surface area contributed by atoms with Crippen molar-refractivity contribution in [1.29, 1.82) is 0 Å². The second-order valence-corrected chi connectivity index (χ2v) is 10.2. The van der Waals surface area contributed by atoms with E-state index < -0.39 is 0 Å². The van der Waals surface area contributed by atoms with Crippen molar-refractivity contribution in [2.45, 2.75) is 84.6 Å². The Bertz CT molecular complexity index is 781. The Morgan fingerprint density at radius 1 is 1.17 bits per heavy atom. The van der Waals surface area contributed by atoms with Gasteiger partial charge in [0.2, 0.25) is 5.91 Å². The average Bonchev–Trinajstić information content (AvgIpc) is 2.98. The Morgan fingerprint density at radius 3 is 2.72 bits per heavy atom. The molecule has 0 unspecified atom stereocenters. The first-order valence-electron chi connectivity index (χ1n) is 11.6. The fourth-order valence-corrected chi connectivity index (χ4v) is 6.99. The second kappa shape index (κ2) is 7.52. The molecule has 4 heteroatoms. The van der Waals surface area contributed by atoms with Crippen LogP contribution in [0.15, 0.2) is 23.8 Å². The van der Waals surface area contributed by atoms with Crippen LogP contribution in [0.25, 0.3) is 0 Å². The van der Waals surface area contributed by atoms with Crippen LogP contribution in [-0.2, 0) is 14.4 Å². The number of carbonyl (C=O) groups excluding carboxylic acids is 3. The fourth-order valence-electron chi connectivity index (χ4n) is 6.99. The van der Waals surface area contributed by atoms with Gasteiger partial charge in [-0.1, -0.05) is 39.7 Å². The fraction of sp³-hybridized carbons (Fsp3) is 0.720. The van der Waals surface area contributed by atoms with E-state index in [9.17, 15) is 14.4 Å². The highest BCUT2D eigenvalue weighted by Gasteiger charge is 2.60. The molecule has 0 radical (unpaired) electrons. The molecule has 4 aliphatic rings. The number of ketones is 2. The van der Waals surface area contributed by atoms with E-state index in [1.54, 1.807) is 12.2 Å². The molecular formula is C25H35NO3. The van der Waals surface area contributed by atoms with Gasteiger partial charge in [0.1, 0.15) is 5.78 Å². The number of amides is 1. The van der Waals surface area contributed by atoms with Crippen molar-refractivity contribution in [2.75, 3.05) is 0 Å². The zero-order valence-corrected chi connectivity index (χ0v) is 18.1. The SMILES string of the molecule is CCCCCC(=O)N[C@H]1C[C@@H]2[C@H](CC[C@]3(C)C(=O)CC[C@@H]23)[C@@]2(C)C=CC(=O)C=C12. The van der Waals surface area contributed by atoms with Crippen LogP contribution in [-0.4, -0.2) is 23.5 Å². The Morgan fingerprint density at radius 2 is 1.97 bits per heavy atom. The summed E-state index contributed by atoms with van der Waals surface area (Å²) in [5.41, 5.74) is 0.691. The molecule has 0 bridgehead atoms. The number of allylic oxidation sites excluding steroid dienone is 3. The standard InChI is InChI=1S/C25H35NO3/c1-4-5-6-7-23(29)26-21-15-17-18-8-9-22(28)25(18,3)13-11-19(17)24(2)12-10-16(27)14-20(21)24/h10,12,14,17-19,21H,4-9,11,13,15H2,1-3H3,(H,26,29)/t17-,18-,19-,21-,24+,25-/m0/s1. The van der Waals surface area contributed by atoms with Gasteiger partial charge in [-0.15, -0.1) is 0 Å². The maximum Gasteiger partial charge on any atom is 0.220 e. The molecule has 0 aromatic heterocycles. The minimum absolute atomic E-state index is 0.0258. The van der Waals surface area contributed by atoms with E-state index in [0.717, 1.165) is 50.5 Å². The molecule has 3 saturated carbocycles. The van der Waals surface area contributed by atoms with Crippen molar-refractivity contribution in [3.8, 4) is 0 Å². The first-order valence-corrected chi connectivity index (χ1v) is 11.6. The van der Waals surface area contributed by atoms with Crippen LogP contribution >= 0.6 is 0 Å². The van der Waals surface area contributed by atoms with Crippen LogP contribution in [0.3, 0.4) is 0 Å². The number of hydrogen-bond donors (Lipinski definition) is 1. The number of Topliss-reactive ketones (excluding diaryl/α,β-unsaturated/α-hetero) is 1. The number of hydrogen-bond acceptors (Lipinski definition) is 3. The van der Waals surface area contributed by atoms with E-state index in [1.165, 1.54) is 0 Å². The molecule has 3 fully saturated rings. The lowest BCUT2D eigenvalue weighted by atomic mass is 9.47. The van der Waals surface area contributed by atoms with Crippen LogP contribution in [0.5, 0.6) is 0 Å². The Labute approximate surface area is 174 Å². The minimum atomic E-state index is -0.203. The molecule has 0 aromatic rings. The first kappa shape index (κ1) is 20.6. The van der Waals surface area contributed by atoms with Crippen LogP contribution in [0.2, 0.25) is 0 Å². The maximum atomic E-state index is 12.7. The topological polar surface area (TPSA) is 63.2 Å². The molecule has 6 atom stereocenters. The highest BCUT2D eigenvalue weighted by Crippen LogP contribution is 2.63. The van der Waals surface area contributed by atoms with Gasteiger partial charge in [-0.2, -0.15) is 0 Å². The van der Waals surface area contributed by atoms with E-state index in [0.29, 0.717) is 36.4 Å². The summed E-state index contributed by atoms with van der Waals surface area (Å²) in [6, 6.07) is -0.0951. The summed E-state index contributed by atoms with van der Waals surface area (Å²) < 4.78 is 0. The van der Waals surface area contributed by atoms with E-state index in [4.69, 9.17) is 0 Å². The Hall–Kier alpha value is -1.71. The molecular weight excluding hydrogens is 362 g/mol. The van der Waals surface area contributed by atoms with Gasteiger partial charge in [0.05, 0.1) is 6.04 Å². The van der Waals surface area contributed by atoms with E-state index in [-0.39, 0.29) is 28.6 Å². The minimum Gasteiger partial charge on any atom is -0.350 e. The molecule has 1 amide bonds. The van der Waals surface area contributed by atoms with Gasteiger partial charge < -0.3 is 5.32 Å². The largest absolute Gasteiger partial charge is 0.350 e. The molecule has 4 nitrogen and oxygen atoms in total. The van der Waals surface area contributed by atoms with Crippen molar-refractivity contribution in [3.63, 3.8) is 0 Å². The van der Waals surface area contributed by atoms with Gasteiger partial charge in [-0.3, -0.25) is 14.4 Å². The highest BCUT2D eigenvalue weighted by atomic mass is 16.2. The zero-order valence-electron chi connectivity index (χ0n) is 18.1. The third-order valence-electron chi connectivity index (χ3n) is 8.66. The van der Waals surface area contributed by atoms with Gasteiger partial charge in [0.15, 0.2) is 5.78 Å². The van der Waals surface area contributed by atoms with Crippen molar-refractivity contribution in [1.82, 2.24) is 5.32 Å². The molecule has 0 aliphatic heterocycles. The summed E-state index contributed by atoms with van der Waals surface area (Å²) >= 11 is 0. The normalized spacial score (nSPS) is 40.7. The Kier molecular flexibility index (Phi) is 5.33. The number of rotatable bonds is 5. The van der Waals surface area contributed by atoms with Gasteiger partial charge in [-0.05, 0) is 67.6 Å². The van der Waals surface area contributed by atoms with E-state index in [1.807, 2.05) is 0 Å². The molecule has 4 rings (SSSR count). The smallest absolute Gasteiger partial charge is 0.220 e. The first-order chi connectivity index (χ1) is 13.8. The van der Waals surface area contributed by atoms with Crippen molar-refractivity contribution >= 4 is 17.5 Å². The zero-order chi connectivity index (χ0) is 20.8. The number of nitrogens with one attached hydrogen (secondary N) is 1. The van der Waals surface area contributed by atoms with Gasteiger partial charge in [0.25, 0.3) is 0 Å². The number of carbonyl (C=O) groups is 3. The molecule has 29 heavy (non-hydrogen) atoms. The summed E-state index contributed by atoms with van der Waals surface area (Å²) in [5.74, 6) is 1.81. The quantitative estimate of drug-likeness (QED) is 0.693. The maximum absolute atomic E-state index is 12.7. The third kappa shape index (κ3) is 3.33. The second-order valence-electron chi connectivity index (χ2n) is 10.2. The molecule has 0 heterocycles. The van der Waals surface area contributed by atoms with Gasteiger partial charge in [0, 0.05) is 23.7 Å². The average molecular weight is 398 g/mol. The van der Waals surface area contributed by atoms with Crippen molar-refractivity contribution in [2.24, 2.45) is 28.6 Å². The molecule has 0 saturated heterocycles. The molecule has 1 N–H and O–H groups in total. The number of fused-ring (bicyclic) bond motifs is 5. The van der Waals surface area contributed by atoms with Crippen LogP contribution in [0, 0.1) is 28.6 Å². The lowest BCUT2D eigenvalue weighted by Gasteiger charge is -2.57. The molecule has 0 aromatic carbocycles. The van der Waals surface area contributed by atoms with Gasteiger partial charge in [-0.25, -0.2) is 0 Å². The predicted molar refractivity (Wildman–Crippen MR) is 113 cm³/mol. The molecule has 4 aliphatic carbocycles. The van der Waals surface area contributed by atoms with Gasteiger partial charge >= 0.3 is 0 Å². The summed E-state index contributed by atoms with van der Waals surface area (Å²) in [5, 5.41) is 3.28. The molecule has 0 spiro atoms. The summed E-state index contributed by atoms with van der Waals surface area (Å²) in [7, 11) is 0. The lowest BCUT2D eigenvalue weighted by molar-refractivity contribution is -0.132. The Balaban J connectivity index is 1.63. The summed E-state index contributed by atoms with van der Waals surface area (Å²) in [6.45, 7) is 6.56. The summed E-state index contributed by atoms with van der Waals surface area (Å²) in [4.78, 5) is 37.5. The summed E-state index contributed by atoms with van der Waals surface area (Å²) in [6.07, 6.45) is 13.7. The van der Waals surface area contributed by atoms with Crippen LogP contribution in [0.4, 0.5) is 0 Å². The van der Waals surface area contributed by atoms with Crippen molar-refractivity contribution in [3.05, 3.63) is 23.8 Å². The van der Waals surface area contributed by atoms with Crippen LogP contribution in [0.1, 0.15) is 78.6 Å². The van der Waals surface area contributed by atoms with Crippen LogP contribution < -0.4 is 5.32 Å². The number of unbranched alkanes of at least 4 members (excludes halogenated alkanes) is 2. The molecule has 158 valence electrons. The monoisotopic (exact) mass is 397 g/mol. The van der Waals surface area contributed by atoms with Crippen molar-refractivity contribution < 1.29 is 14.4 Å². The highest BCUT2D eigenvalue weighted by molar-refractivity contribution is 6.01. The third-order valence-corrected chi connectivity index (χ3v) is 8.66. The predicted octanol–water partition coefficient (Wildman–Crippen LogP) is 4.54. The van der Waals surface area contributed by atoms with E-state index in [2.05, 4.69) is 32.2 Å². The van der Waals surface area contributed by atoms with E-state index >= 15 is 0 Å². The lowest BCUT2D eigenvalue weighted by Crippen LogP contribution is -2.56.